The number of nitrogens with one attached hydrogen (secondary N) is 1. The van der Waals surface area contributed by atoms with Crippen LogP contribution in [-0.4, -0.2) is 23.0 Å². The van der Waals surface area contributed by atoms with Gasteiger partial charge in [-0.1, -0.05) is 12.2 Å². The third-order valence-electron chi connectivity index (χ3n) is 2.75. The summed E-state index contributed by atoms with van der Waals surface area (Å²) in [5.41, 5.74) is -0.660. The topological polar surface area (TPSA) is 66.4 Å². The van der Waals surface area contributed by atoms with Crippen molar-refractivity contribution in [1.82, 2.24) is 5.32 Å². The van der Waals surface area contributed by atoms with Crippen molar-refractivity contribution in [3.63, 3.8) is 0 Å². The van der Waals surface area contributed by atoms with Gasteiger partial charge in [0, 0.05) is 0 Å². The van der Waals surface area contributed by atoms with Crippen LogP contribution in [0.5, 0.6) is 0 Å². The number of hydrogen-bond donors (Lipinski definition) is 2. The minimum absolute atomic E-state index is 0.213. The Morgan fingerprint density at radius 3 is 2.40 bits per heavy atom. The standard InChI is InChI=1S/C11H15NO3/c1-3-5-11(6-4-2)7-8(9(13)14)12-10(11)15/h3-4,8H,1-2,5-7H2,(H,12,15)(H,13,14). The first kappa shape index (κ1) is 11.5. The van der Waals surface area contributed by atoms with Crippen molar-refractivity contribution in [1.29, 1.82) is 0 Å². The highest BCUT2D eigenvalue weighted by Crippen LogP contribution is 2.38. The van der Waals surface area contributed by atoms with Crippen LogP contribution in [0.3, 0.4) is 0 Å². The predicted molar refractivity (Wildman–Crippen MR) is 56.2 cm³/mol. The number of aliphatic carboxylic acids is 1. The molecule has 0 aromatic carbocycles. The van der Waals surface area contributed by atoms with Crippen molar-refractivity contribution in [3.05, 3.63) is 25.3 Å². The maximum absolute atomic E-state index is 11.7. The van der Waals surface area contributed by atoms with E-state index in [1.165, 1.54) is 0 Å². The molecule has 1 amide bonds. The molecule has 0 aromatic rings. The van der Waals surface area contributed by atoms with Crippen LogP contribution in [-0.2, 0) is 9.59 Å². The quantitative estimate of drug-likeness (QED) is 0.666. The van der Waals surface area contributed by atoms with Crippen LogP contribution in [0.4, 0.5) is 0 Å². The molecule has 1 aliphatic rings. The van der Waals surface area contributed by atoms with Gasteiger partial charge in [0.2, 0.25) is 5.91 Å². The van der Waals surface area contributed by atoms with Crippen LogP contribution in [0.25, 0.3) is 0 Å². The van der Waals surface area contributed by atoms with Gasteiger partial charge in [-0.3, -0.25) is 4.79 Å². The lowest BCUT2D eigenvalue weighted by atomic mass is 9.78. The molecule has 0 spiro atoms. The van der Waals surface area contributed by atoms with Gasteiger partial charge in [-0.15, -0.1) is 13.2 Å². The van der Waals surface area contributed by atoms with Gasteiger partial charge in [-0.25, -0.2) is 4.79 Å². The molecule has 1 atom stereocenters. The van der Waals surface area contributed by atoms with Crippen molar-refractivity contribution in [2.24, 2.45) is 5.41 Å². The second-order valence-corrected chi connectivity index (χ2v) is 3.83. The lowest BCUT2D eigenvalue weighted by molar-refractivity contribution is -0.140. The van der Waals surface area contributed by atoms with Crippen molar-refractivity contribution < 1.29 is 14.7 Å². The zero-order chi connectivity index (χ0) is 11.5. The van der Waals surface area contributed by atoms with Crippen LogP contribution in [0.15, 0.2) is 25.3 Å². The van der Waals surface area contributed by atoms with Gasteiger partial charge < -0.3 is 10.4 Å². The summed E-state index contributed by atoms with van der Waals surface area (Å²) in [7, 11) is 0. The number of allylic oxidation sites excluding steroid dienone is 2. The molecule has 2 N–H and O–H groups in total. The molecule has 15 heavy (non-hydrogen) atoms. The van der Waals surface area contributed by atoms with Gasteiger partial charge in [-0.2, -0.15) is 0 Å². The molecule has 0 radical (unpaired) electrons. The number of carboxylic acid groups (broad SMARTS) is 1. The van der Waals surface area contributed by atoms with E-state index in [0.29, 0.717) is 19.3 Å². The fraction of sp³-hybridized carbons (Fsp3) is 0.455. The first-order valence-electron chi connectivity index (χ1n) is 4.81. The summed E-state index contributed by atoms with van der Waals surface area (Å²) in [6.07, 6.45) is 4.56. The molecule has 1 heterocycles. The van der Waals surface area contributed by atoms with E-state index in [4.69, 9.17) is 5.11 Å². The maximum Gasteiger partial charge on any atom is 0.326 e. The number of rotatable bonds is 5. The molecule has 1 aliphatic heterocycles. The molecular weight excluding hydrogens is 194 g/mol. The largest absolute Gasteiger partial charge is 0.480 e. The van der Waals surface area contributed by atoms with Crippen LogP contribution in [0.2, 0.25) is 0 Å². The maximum atomic E-state index is 11.7. The van der Waals surface area contributed by atoms with Crippen molar-refractivity contribution in [3.8, 4) is 0 Å². The van der Waals surface area contributed by atoms with Crippen LogP contribution in [0.1, 0.15) is 19.3 Å². The highest BCUT2D eigenvalue weighted by molar-refractivity contribution is 5.91. The Balaban J connectivity index is 2.89. The minimum Gasteiger partial charge on any atom is -0.480 e. The average Bonchev–Trinajstić information content (AvgIpc) is 2.46. The van der Waals surface area contributed by atoms with Gasteiger partial charge in [0.1, 0.15) is 6.04 Å². The first-order valence-corrected chi connectivity index (χ1v) is 4.81. The Labute approximate surface area is 88.7 Å². The number of carbonyl (C=O) groups excluding carboxylic acids is 1. The Kier molecular flexibility index (Phi) is 3.29. The lowest BCUT2D eigenvalue weighted by Gasteiger charge is -2.22. The van der Waals surface area contributed by atoms with E-state index in [2.05, 4.69) is 18.5 Å². The van der Waals surface area contributed by atoms with Gasteiger partial charge >= 0.3 is 5.97 Å². The van der Waals surface area contributed by atoms with E-state index in [1.807, 2.05) is 0 Å². The molecular formula is C11H15NO3. The number of carboxylic acids is 1. The molecule has 4 heteroatoms. The van der Waals surface area contributed by atoms with E-state index in [9.17, 15) is 9.59 Å². The first-order chi connectivity index (χ1) is 7.05. The highest BCUT2D eigenvalue weighted by Gasteiger charge is 2.47. The third kappa shape index (κ3) is 2.09. The molecule has 1 rings (SSSR count). The van der Waals surface area contributed by atoms with Crippen LogP contribution >= 0.6 is 0 Å². The SMILES string of the molecule is C=CCC1(CC=C)CC(C(=O)O)NC1=O. The second kappa shape index (κ2) is 4.29. The summed E-state index contributed by atoms with van der Waals surface area (Å²) >= 11 is 0. The summed E-state index contributed by atoms with van der Waals surface area (Å²) in [4.78, 5) is 22.5. The van der Waals surface area contributed by atoms with Gasteiger partial charge in [-0.05, 0) is 19.3 Å². The average molecular weight is 209 g/mol. The van der Waals surface area contributed by atoms with E-state index < -0.39 is 17.4 Å². The molecule has 1 saturated heterocycles. The molecule has 0 saturated carbocycles. The van der Waals surface area contributed by atoms with E-state index in [1.54, 1.807) is 12.2 Å². The zero-order valence-corrected chi connectivity index (χ0v) is 8.53. The molecule has 1 unspecified atom stereocenters. The summed E-state index contributed by atoms with van der Waals surface area (Å²) in [6.45, 7) is 7.19. The third-order valence-corrected chi connectivity index (χ3v) is 2.75. The Hall–Kier alpha value is -1.58. The Morgan fingerprint density at radius 1 is 1.53 bits per heavy atom. The Bertz CT molecular complexity index is 299. The summed E-state index contributed by atoms with van der Waals surface area (Å²) in [5.74, 6) is -1.20. The van der Waals surface area contributed by atoms with Gasteiger partial charge in [0.05, 0.1) is 5.41 Å². The molecule has 82 valence electrons. The second-order valence-electron chi connectivity index (χ2n) is 3.83. The number of carbonyl (C=O) groups is 2. The van der Waals surface area contributed by atoms with Gasteiger partial charge in [0.15, 0.2) is 0 Å². The number of amides is 1. The number of hydrogen-bond acceptors (Lipinski definition) is 2. The summed E-state index contributed by atoms with van der Waals surface area (Å²) in [5, 5.41) is 11.3. The summed E-state index contributed by atoms with van der Waals surface area (Å²) < 4.78 is 0. The van der Waals surface area contributed by atoms with E-state index in [0.717, 1.165) is 0 Å². The van der Waals surface area contributed by atoms with Crippen LogP contribution in [0, 0.1) is 5.41 Å². The molecule has 0 bridgehead atoms. The molecule has 0 aromatic heterocycles. The molecule has 0 aliphatic carbocycles. The predicted octanol–water partition coefficient (Wildman–Crippen LogP) is 1.10. The summed E-state index contributed by atoms with van der Waals surface area (Å²) in [6, 6.07) is -0.780. The minimum atomic E-state index is -0.988. The normalized spacial score (nSPS) is 23.2. The highest BCUT2D eigenvalue weighted by atomic mass is 16.4. The monoisotopic (exact) mass is 209 g/mol. The molecule has 4 nitrogen and oxygen atoms in total. The Morgan fingerprint density at radius 2 is 2.07 bits per heavy atom. The van der Waals surface area contributed by atoms with Crippen molar-refractivity contribution in [2.45, 2.75) is 25.3 Å². The van der Waals surface area contributed by atoms with Gasteiger partial charge in [0.25, 0.3) is 0 Å². The lowest BCUT2D eigenvalue weighted by Crippen LogP contribution is -2.34. The van der Waals surface area contributed by atoms with E-state index >= 15 is 0 Å². The van der Waals surface area contributed by atoms with Crippen molar-refractivity contribution >= 4 is 11.9 Å². The molecule has 1 fully saturated rings. The fourth-order valence-electron chi connectivity index (χ4n) is 1.98. The zero-order valence-electron chi connectivity index (χ0n) is 8.53. The van der Waals surface area contributed by atoms with E-state index in [-0.39, 0.29) is 5.91 Å². The smallest absolute Gasteiger partial charge is 0.326 e. The van der Waals surface area contributed by atoms with Crippen LogP contribution < -0.4 is 5.32 Å². The van der Waals surface area contributed by atoms with Crippen molar-refractivity contribution in [2.75, 3.05) is 0 Å². The fourth-order valence-corrected chi connectivity index (χ4v) is 1.98.